The Kier molecular flexibility index (Phi) is 7.82. The van der Waals surface area contributed by atoms with Crippen LogP contribution in [0.2, 0.25) is 0 Å². The fraction of sp³-hybridized carbons (Fsp3) is 0. The molecule has 9 aromatic carbocycles. The van der Waals surface area contributed by atoms with E-state index in [0.717, 1.165) is 88.8 Å². The number of anilines is 3. The molecule has 0 fully saturated rings. The average molecular weight is 730 g/mol. The Labute approximate surface area is 330 Å². The predicted molar refractivity (Wildman–Crippen MR) is 237 cm³/mol. The Hall–Kier alpha value is -7.62. The lowest BCUT2D eigenvalue weighted by atomic mass is 9.93. The second-order valence-corrected chi connectivity index (χ2v) is 14.4. The number of rotatable bonds is 7. The topological polar surface area (TPSA) is 29.5 Å². The maximum Gasteiger partial charge on any atom is 0.136 e. The third-order valence-electron chi connectivity index (χ3n) is 11.1. The van der Waals surface area contributed by atoms with E-state index >= 15 is 0 Å². The van der Waals surface area contributed by atoms with Gasteiger partial charge in [0.2, 0.25) is 0 Å². The van der Waals surface area contributed by atoms with E-state index in [1.54, 1.807) is 0 Å². The molecule has 0 spiro atoms. The number of nitrogens with zero attached hydrogens (tertiary/aromatic N) is 1. The van der Waals surface area contributed by atoms with Gasteiger partial charge in [-0.2, -0.15) is 0 Å². The van der Waals surface area contributed by atoms with Crippen molar-refractivity contribution in [3.8, 4) is 44.5 Å². The van der Waals surface area contributed by atoms with Crippen LogP contribution in [0.5, 0.6) is 0 Å². The fourth-order valence-electron chi connectivity index (χ4n) is 8.44. The first kappa shape index (κ1) is 32.8. The van der Waals surface area contributed by atoms with Crippen molar-refractivity contribution < 1.29 is 8.83 Å². The number of hydrogen-bond acceptors (Lipinski definition) is 3. The monoisotopic (exact) mass is 729 g/mol. The molecule has 0 atom stereocenters. The molecule has 0 unspecified atom stereocenters. The van der Waals surface area contributed by atoms with E-state index in [9.17, 15) is 0 Å². The van der Waals surface area contributed by atoms with Crippen molar-refractivity contribution >= 4 is 60.9 Å². The molecule has 268 valence electrons. The summed E-state index contributed by atoms with van der Waals surface area (Å²) in [4.78, 5) is 2.39. The summed E-state index contributed by atoms with van der Waals surface area (Å²) in [5.41, 5.74) is 15.9. The molecule has 0 aliphatic heterocycles. The molecule has 11 rings (SSSR count). The van der Waals surface area contributed by atoms with E-state index in [4.69, 9.17) is 8.83 Å². The number of benzene rings is 9. The number of para-hydroxylation sites is 2. The first-order valence-corrected chi connectivity index (χ1v) is 19.3. The maximum absolute atomic E-state index is 6.54. The van der Waals surface area contributed by atoms with E-state index < -0.39 is 0 Å². The van der Waals surface area contributed by atoms with E-state index in [1.165, 1.54) is 16.7 Å². The Morgan fingerprint density at radius 3 is 1.44 bits per heavy atom. The third kappa shape index (κ3) is 5.68. The summed E-state index contributed by atoms with van der Waals surface area (Å²) >= 11 is 0. The van der Waals surface area contributed by atoms with Crippen LogP contribution in [0.1, 0.15) is 0 Å². The minimum absolute atomic E-state index is 0.857. The van der Waals surface area contributed by atoms with Crippen LogP contribution in [-0.2, 0) is 0 Å². The second kappa shape index (κ2) is 13.6. The van der Waals surface area contributed by atoms with Crippen molar-refractivity contribution in [3.05, 3.63) is 212 Å². The van der Waals surface area contributed by atoms with Crippen molar-refractivity contribution in [2.45, 2.75) is 0 Å². The molecule has 0 bridgehead atoms. The smallest absolute Gasteiger partial charge is 0.136 e. The summed E-state index contributed by atoms with van der Waals surface area (Å²) in [5, 5.41) is 4.43. The molecule has 3 heteroatoms. The molecular formula is C54H35NO2. The zero-order chi connectivity index (χ0) is 37.7. The van der Waals surface area contributed by atoms with E-state index in [2.05, 4.69) is 199 Å². The van der Waals surface area contributed by atoms with Crippen LogP contribution in [0.3, 0.4) is 0 Å². The van der Waals surface area contributed by atoms with Crippen molar-refractivity contribution in [3.63, 3.8) is 0 Å². The molecule has 11 aromatic rings. The maximum atomic E-state index is 6.54. The Bertz CT molecular complexity index is 3210. The number of furan rings is 2. The van der Waals surface area contributed by atoms with Gasteiger partial charge in [0, 0.05) is 38.5 Å². The second-order valence-electron chi connectivity index (χ2n) is 14.4. The molecule has 0 saturated carbocycles. The van der Waals surface area contributed by atoms with Gasteiger partial charge < -0.3 is 13.7 Å². The van der Waals surface area contributed by atoms with Crippen LogP contribution < -0.4 is 4.90 Å². The minimum atomic E-state index is 0.857. The van der Waals surface area contributed by atoms with Crippen molar-refractivity contribution in [1.82, 2.24) is 0 Å². The van der Waals surface area contributed by atoms with Crippen LogP contribution in [0, 0.1) is 0 Å². The van der Waals surface area contributed by atoms with Gasteiger partial charge in [0.1, 0.15) is 22.3 Å². The molecule has 0 saturated heterocycles. The molecule has 2 heterocycles. The van der Waals surface area contributed by atoms with E-state index in [0.29, 0.717) is 0 Å². The molecule has 0 amide bonds. The molecule has 0 aliphatic rings. The van der Waals surface area contributed by atoms with Gasteiger partial charge in [0.15, 0.2) is 0 Å². The van der Waals surface area contributed by atoms with Gasteiger partial charge in [-0.25, -0.2) is 0 Å². The zero-order valence-corrected chi connectivity index (χ0v) is 31.0. The molecule has 3 nitrogen and oxygen atoms in total. The van der Waals surface area contributed by atoms with Crippen LogP contribution in [0.25, 0.3) is 88.4 Å². The summed E-state index contributed by atoms with van der Waals surface area (Å²) in [7, 11) is 0. The lowest BCUT2D eigenvalue weighted by Gasteiger charge is -2.29. The molecule has 0 radical (unpaired) electrons. The summed E-state index contributed by atoms with van der Waals surface area (Å²) in [5.74, 6) is 0. The molecule has 0 aliphatic carbocycles. The molecular weight excluding hydrogens is 695 g/mol. The van der Waals surface area contributed by atoms with Gasteiger partial charge in [0.25, 0.3) is 0 Å². The predicted octanol–water partition coefficient (Wildman–Crippen LogP) is 15.6. The zero-order valence-electron chi connectivity index (χ0n) is 31.0. The summed E-state index contributed by atoms with van der Waals surface area (Å²) in [6.07, 6.45) is 0. The van der Waals surface area contributed by atoms with Crippen molar-refractivity contribution in [2.24, 2.45) is 0 Å². The fourth-order valence-corrected chi connectivity index (χ4v) is 8.44. The first-order chi connectivity index (χ1) is 28.3. The normalized spacial score (nSPS) is 11.5. The van der Waals surface area contributed by atoms with Gasteiger partial charge in [-0.15, -0.1) is 0 Å². The summed E-state index contributed by atoms with van der Waals surface area (Å²) in [6.45, 7) is 0. The number of hydrogen-bond donors (Lipinski definition) is 0. The third-order valence-corrected chi connectivity index (χ3v) is 11.1. The van der Waals surface area contributed by atoms with Crippen molar-refractivity contribution in [1.29, 1.82) is 0 Å². The molecule has 57 heavy (non-hydrogen) atoms. The van der Waals surface area contributed by atoms with E-state index in [-0.39, 0.29) is 0 Å². The highest BCUT2D eigenvalue weighted by Crippen LogP contribution is 2.48. The molecule has 0 N–H and O–H groups in total. The lowest BCUT2D eigenvalue weighted by molar-refractivity contribution is 0.668. The van der Waals surface area contributed by atoms with Gasteiger partial charge in [0.05, 0.1) is 5.69 Å². The van der Waals surface area contributed by atoms with Gasteiger partial charge in [-0.3, -0.25) is 0 Å². The summed E-state index contributed by atoms with van der Waals surface area (Å²) < 4.78 is 12.8. The van der Waals surface area contributed by atoms with Gasteiger partial charge in [-0.05, 0) is 99.6 Å². The Morgan fingerprint density at radius 2 is 0.772 bits per heavy atom. The lowest BCUT2D eigenvalue weighted by Crippen LogP contribution is -2.11. The average Bonchev–Trinajstić information content (AvgIpc) is 3.86. The largest absolute Gasteiger partial charge is 0.456 e. The Morgan fingerprint density at radius 1 is 0.298 bits per heavy atom. The Balaban J connectivity index is 1.14. The van der Waals surface area contributed by atoms with Gasteiger partial charge >= 0.3 is 0 Å². The van der Waals surface area contributed by atoms with Crippen LogP contribution in [-0.4, -0.2) is 0 Å². The SMILES string of the molecule is c1ccc(-c2ccc(N(c3ccc(-c4cccc5oc6ccccc6c45)cc3)c3ccc4oc5ccccc5c4c3-c3cccc(-c4ccccc4)c3)cc2)cc1. The van der Waals surface area contributed by atoms with Gasteiger partial charge in [-0.1, -0.05) is 152 Å². The van der Waals surface area contributed by atoms with E-state index in [1.807, 2.05) is 18.2 Å². The highest BCUT2D eigenvalue weighted by Gasteiger charge is 2.23. The quantitative estimate of drug-likeness (QED) is 0.164. The van der Waals surface area contributed by atoms with Crippen molar-refractivity contribution in [2.75, 3.05) is 4.90 Å². The van der Waals surface area contributed by atoms with Crippen LogP contribution in [0.15, 0.2) is 221 Å². The van der Waals surface area contributed by atoms with Crippen LogP contribution in [0.4, 0.5) is 17.1 Å². The highest BCUT2D eigenvalue weighted by molar-refractivity contribution is 6.17. The first-order valence-electron chi connectivity index (χ1n) is 19.3. The standard InChI is InChI=1S/C54H35NO2/c1-3-13-36(14-4-1)38-25-29-42(30-26-38)55(43-31-27-39(28-32-43)44-21-12-24-50-53(44)45-19-7-9-22-48(45)56-50)47-33-34-51-54(46-20-8-10-23-49(46)57-51)52(47)41-18-11-17-40(35-41)37-15-5-2-6-16-37/h1-35H. The molecule has 2 aromatic heterocycles. The highest BCUT2D eigenvalue weighted by atomic mass is 16.3. The summed E-state index contributed by atoms with van der Waals surface area (Å²) in [6, 6.07) is 75.2. The number of fused-ring (bicyclic) bond motifs is 6. The van der Waals surface area contributed by atoms with Crippen LogP contribution >= 0.6 is 0 Å². The minimum Gasteiger partial charge on any atom is -0.456 e.